The van der Waals surface area contributed by atoms with Gasteiger partial charge in [-0.05, 0) is 25.0 Å². The van der Waals surface area contributed by atoms with E-state index in [-0.39, 0.29) is 4.90 Å². The fraction of sp³-hybridized carbons (Fsp3) is 0.429. The summed E-state index contributed by atoms with van der Waals surface area (Å²) in [6.07, 6.45) is 6.78. The van der Waals surface area contributed by atoms with Crippen molar-refractivity contribution in [2.75, 3.05) is 0 Å². The second-order valence-electron chi connectivity index (χ2n) is 4.61. The Hall–Kier alpha value is -1.31. The summed E-state index contributed by atoms with van der Waals surface area (Å²) >= 11 is 0. The van der Waals surface area contributed by atoms with Gasteiger partial charge in [-0.1, -0.05) is 37.0 Å². The predicted molar refractivity (Wildman–Crippen MR) is 69.7 cm³/mol. The van der Waals surface area contributed by atoms with Crippen LogP contribution in [-0.4, -0.2) is 24.4 Å². The molecule has 0 heterocycles. The lowest BCUT2D eigenvalue weighted by atomic mass is 9.86. The van der Waals surface area contributed by atoms with Crippen LogP contribution in [0, 0.1) is 12.3 Å². The summed E-state index contributed by atoms with van der Waals surface area (Å²) < 4.78 is 23.8. The van der Waals surface area contributed by atoms with E-state index in [4.69, 9.17) is 6.42 Å². The van der Waals surface area contributed by atoms with Gasteiger partial charge in [-0.25, -0.2) is 8.42 Å². The molecule has 2 rings (SSSR count). The van der Waals surface area contributed by atoms with Crippen molar-refractivity contribution in [3.63, 3.8) is 0 Å². The van der Waals surface area contributed by atoms with Gasteiger partial charge in [0.2, 0.25) is 0 Å². The van der Waals surface area contributed by atoms with Gasteiger partial charge in [0.15, 0.2) is 14.6 Å². The molecule has 1 aromatic rings. The van der Waals surface area contributed by atoms with Crippen LogP contribution in [0.1, 0.15) is 25.7 Å². The monoisotopic (exact) mass is 264 g/mol. The molecule has 2 atom stereocenters. The molecule has 0 amide bonds. The molecule has 1 aromatic carbocycles. The van der Waals surface area contributed by atoms with E-state index in [1.807, 2.05) is 0 Å². The maximum absolute atomic E-state index is 12.6. The maximum Gasteiger partial charge on any atom is 0.197 e. The van der Waals surface area contributed by atoms with Crippen LogP contribution < -0.4 is 0 Å². The van der Waals surface area contributed by atoms with E-state index in [0.29, 0.717) is 12.8 Å². The van der Waals surface area contributed by atoms with Crippen molar-refractivity contribution in [1.29, 1.82) is 0 Å². The van der Waals surface area contributed by atoms with E-state index in [2.05, 4.69) is 5.92 Å². The third-order valence-electron chi connectivity index (χ3n) is 3.59. The Morgan fingerprint density at radius 1 is 1.28 bits per heavy atom. The zero-order valence-electron chi connectivity index (χ0n) is 10.0. The Morgan fingerprint density at radius 3 is 2.50 bits per heavy atom. The van der Waals surface area contributed by atoms with Crippen LogP contribution in [0.15, 0.2) is 35.2 Å². The zero-order chi connectivity index (χ0) is 13.2. The molecule has 1 fully saturated rings. The molecule has 1 N–H and O–H groups in total. The molecule has 18 heavy (non-hydrogen) atoms. The number of terminal acetylenes is 1. The van der Waals surface area contributed by atoms with Gasteiger partial charge in [-0.2, -0.15) is 0 Å². The lowest BCUT2D eigenvalue weighted by molar-refractivity contribution is 0.109. The minimum atomic E-state index is -3.71. The first-order chi connectivity index (χ1) is 8.54. The molecule has 1 aliphatic rings. The summed E-state index contributed by atoms with van der Waals surface area (Å²) in [6.45, 7) is 0. The van der Waals surface area contributed by atoms with Gasteiger partial charge in [-0.3, -0.25) is 0 Å². The van der Waals surface area contributed by atoms with Gasteiger partial charge in [0.05, 0.1) is 11.0 Å². The summed E-state index contributed by atoms with van der Waals surface area (Å²) in [5, 5.41) is 10.1. The molecule has 4 heteroatoms. The number of hydrogen-bond acceptors (Lipinski definition) is 3. The summed E-state index contributed by atoms with van der Waals surface area (Å²) in [5.41, 5.74) is 0. The Balaban J connectivity index is 2.54. The molecule has 1 saturated carbocycles. The number of hydrogen-bond donors (Lipinski definition) is 1. The van der Waals surface area contributed by atoms with E-state index in [9.17, 15) is 13.5 Å². The second-order valence-corrected chi connectivity index (χ2v) is 6.82. The van der Waals surface area contributed by atoms with Crippen molar-refractivity contribution in [3.8, 4) is 12.3 Å². The van der Waals surface area contributed by atoms with Crippen molar-refractivity contribution in [1.82, 2.24) is 0 Å². The fourth-order valence-electron chi connectivity index (χ4n) is 2.49. The topological polar surface area (TPSA) is 54.4 Å². The molecule has 0 aromatic heterocycles. The number of benzene rings is 1. The molecule has 3 nitrogen and oxygen atoms in total. The molecule has 1 aliphatic carbocycles. The number of aliphatic hydroxyl groups excluding tert-OH is 1. The van der Waals surface area contributed by atoms with Gasteiger partial charge < -0.3 is 5.11 Å². The lowest BCUT2D eigenvalue weighted by Crippen LogP contribution is -2.50. The highest BCUT2D eigenvalue weighted by Gasteiger charge is 2.50. The third-order valence-corrected chi connectivity index (χ3v) is 6.04. The molecule has 0 spiro atoms. The minimum absolute atomic E-state index is 0.184. The SMILES string of the molecule is C#C[C@]1(S(=O)(=O)c2ccccc2)CCCC[C@@H]1O. The van der Waals surface area contributed by atoms with Crippen LogP contribution in [0.5, 0.6) is 0 Å². The highest BCUT2D eigenvalue weighted by molar-refractivity contribution is 7.93. The molecular formula is C14H16O3S. The molecule has 0 saturated heterocycles. The molecule has 96 valence electrons. The van der Waals surface area contributed by atoms with Crippen molar-refractivity contribution >= 4 is 9.84 Å². The maximum atomic E-state index is 12.6. The van der Waals surface area contributed by atoms with Gasteiger partial charge in [0.1, 0.15) is 0 Å². The fourth-order valence-corrected chi connectivity index (χ4v) is 4.47. The van der Waals surface area contributed by atoms with Gasteiger partial charge in [0, 0.05) is 0 Å². The minimum Gasteiger partial charge on any atom is -0.390 e. The first-order valence-corrected chi connectivity index (χ1v) is 7.48. The first kappa shape index (κ1) is 13.1. The smallest absolute Gasteiger partial charge is 0.197 e. The van der Waals surface area contributed by atoms with Gasteiger partial charge in [-0.15, -0.1) is 6.42 Å². The van der Waals surface area contributed by atoms with Crippen molar-refractivity contribution in [2.24, 2.45) is 0 Å². The van der Waals surface area contributed by atoms with Crippen molar-refractivity contribution in [2.45, 2.75) is 41.4 Å². The Bertz CT molecular complexity index is 556. The Morgan fingerprint density at radius 2 is 1.94 bits per heavy atom. The summed E-state index contributed by atoms with van der Waals surface area (Å²) in [5.74, 6) is 2.37. The quantitative estimate of drug-likeness (QED) is 0.828. The molecular weight excluding hydrogens is 248 g/mol. The highest BCUT2D eigenvalue weighted by atomic mass is 32.2. The predicted octanol–water partition coefficient (Wildman–Crippen LogP) is 1.77. The number of aliphatic hydroxyl groups is 1. The number of sulfone groups is 1. The van der Waals surface area contributed by atoms with E-state index in [0.717, 1.165) is 12.8 Å². The molecule has 0 unspecified atom stereocenters. The third kappa shape index (κ3) is 1.84. The average Bonchev–Trinajstić information content (AvgIpc) is 2.40. The van der Waals surface area contributed by atoms with Gasteiger partial charge >= 0.3 is 0 Å². The second kappa shape index (κ2) is 4.75. The van der Waals surface area contributed by atoms with E-state index in [1.165, 1.54) is 12.1 Å². The van der Waals surface area contributed by atoms with E-state index >= 15 is 0 Å². The standard InChI is InChI=1S/C14H16O3S/c1-2-14(11-7-6-10-13(14)15)18(16,17)12-8-4-3-5-9-12/h1,3-5,8-9,13,15H,6-7,10-11H2/t13-,14-/m0/s1. The highest BCUT2D eigenvalue weighted by Crippen LogP contribution is 2.38. The Kier molecular flexibility index (Phi) is 3.47. The van der Waals surface area contributed by atoms with Crippen LogP contribution in [0.25, 0.3) is 0 Å². The van der Waals surface area contributed by atoms with E-state index in [1.54, 1.807) is 18.2 Å². The van der Waals surface area contributed by atoms with Crippen molar-refractivity contribution in [3.05, 3.63) is 30.3 Å². The molecule has 0 bridgehead atoms. The lowest BCUT2D eigenvalue weighted by Gasteiger charge is -2.36. The van der Waals surface area contributed by atoms with Gasteiger partial charge in [0.25, 0.3) is 0 Å². The average molecular weight is 264 g/mol. The van der Waals surface area contributed by atoms with Crippen LogP contribution in [0.4, 0.5) is 0 Å². The zero-order valence-corrected chi connectivity index (χ0v) is 10.9. The summed E-state index contributed by atoms with van der Waals surface area (Å²) in [4.78, 5) is 0.184. The van der Waals surface area contributed by atoms with Crippen LogP contribution >= 0.6 is 0 Å². The van der Waals surface area contributed by atoms with E-state index < -0.39 is 20.7 Å². The first-order valence-electron chi connectivity index (χ1n) is 6.00. The van der Waals surface area contributed by atoms with Crippen LogP contribution in [0.3, 0.4) is 0 Å². The van der Waals surface area contributed by atoms with Crippen LogP contribution in [-0.2, 0) is 9.84 Å². The largest absolute Gasteiger partial charge is 0.390 e. The normalized spacial score (nSPS) is 28.6. The van der Waals surface area contributed by atoms with Crippen LogP contribution in [0.2, 0.25) is 0 Å². The summed E-state index contributed by atoms with van der Waals surface area (Å²) in [6, 6.07) is 8.11. The summed E-state index contributed by atoms with van der Waals surface area (Å²) in [7, 11) is -3.71. The Labute approximate surface area is 108 Å². The van der Waals surface area contributed by atoms with Crippen molar-refractivity contribution < 1.29 is 13.5 Å². The molecule has 0 radical (unpaired) electrons. The molecule has 0 aliphatic heterocycles. The number of rotatable bonds is 2.